The van der Waals surface area contributed by atoms with Crippen LogP contribution >= 0.6 is 0 Å². The first kappa shape index (κ1) is 28.3. The van der Waals surface area contributed by atoms with Gasteiger partial charge in [-0.2, -0.15) is 0 Å². The van der Waals surface area contributed by atoms with Gasteiger partial charge in [0.2, 0.25) is 0 Å². The van der Waals surface area contributed by atoms with Gasteiger partial charge < -0.3 is 19.7 Å². The van der Waals surface area contributed by atoms with Crippen LogP contribution in [-0.4, -0.2) is 38.0 Å². The van der Waals surface area contributed by atoms with Gasteiger partial charge in [0.1, 0.15) is 11.5 Å². The predicted octanol–water partition coefficient (Wildman–Crippen LogP) is 6.48. The van der Waals surface area contributed by atoms with Gasteiger partial charge in [-0.05, 0) is 42.6 Å². The third-order valence-corrected chi connectivity index (χ3v) is 10.9. The molecule has 0 aliphatic rings. The average Bonchev–Trinajstić information content (AvgIpc) is 2.74. The van der Waals surface area contributed by atoms with Crippen LogP contribution in [0.3, 0.4) is 0 Å². The third-order valence-electron chi connectivity index (χ3n) is 6.45. The van der Waals surface area contributed by atoms with Crippen LogP contribution in [0.4, 0.5) is 20.6 Å². The highest BCUT2D eigenvalue weighted by Crippen LogP contribution is 2.44. The molecule has 0 bridgehead atoms. The van der Waals surface area contributed by atoms with E-state index < -0.39 is 31.3 Å². The molecule has 0 aromatic heterocycles. The largest absolute Gasteiger partial charge is 0.465 e. The maximum absolute atomic E-state index is 14.9. The lowest BCUT2D eigenvalue weighted by Crippen LogP contribution is -2.42. The van der Waals surface area contributed by atoms with Gasteiger partial charge in [-0.25, -0.2) is 9.18 Å². The minimum absolute atomic E-state index is 0.163. The van der Waals surface area contributed by atoms with E-state index in [1.165, 1.54) is 12.1 Å². The van der Waals surface area contributed by atoms with Gasteiger partial charge in [-0.15, -0.1) is 0 Å². The molecule has 0 fully saturated rings. The van der Waals surface area contributed by atoms with Gasteiger partial charge in [0.25, 0.3) is 5.69 Å². The molecule has 0 aliphatic carbocycles. The fraction of sp³-hybridized carbons (Fsp3) is 0.480. The predicted molar refractivity (Wildman–Crippen MR) is 138 cm³/mol. The van der Waals surface area contributed by atoms with E-state index in [1.54, 1.807) is 11.9 Å². The summed E-state index contributed by atoms with van der Waals surface area (Å²) in [6.45, 7) is 10.8. The molecule has 2 aromatic rings. The molecule has 0 radical (unpaired) electrons. The summed E-state index contributed by atoms with van der Waals surface area (Å²) in [7, 11) is -0.715. The van der Waals surface area contributed by atoms with Crippen molar-refractivity contribution >= 4 is 25.8 Å². The Balaban J connectivity index is 2.53. The zero-order valence-electron chi connectivity index (χ0n) is 21.3. The highest BCUT2D eigenvalue weighted by atomic mass is 28.4. The zero-order valence-corrected chi connectivity index (χ0v) is 22.3. The molecule has 0 saturated carbocycles. The summed E-state index contributed by atoms with van der Waals surface area (Å²) in [5.74, 6) is -0.590. The number of benzene rings is 2. The Bertz CT molecular complexity index is 1030. The minimum Gasteiger partial charge on any atom is -0.465 e. The molecule has 0 aliphatic heterocycles. The van der Waals surface area contributed by atoms with Crippen molar-refractivity contribution in [1.29, 1.82) is 0 Å². The second kappa shape index (κ2) is 11.6. The Morgan fingerprint density at radius 1 is 1.26 bits per heavy atom. The van der Waals surface area contributed by atoms with Crippen LogP contribution in [0.1, 0.15) is 50.8 Å². The van der Waals surface area contributed by atoms with E-state index in [0.717, 1.165) is 5.56 Å². The quantitative estimate of drug-likeness (QED) is 0.157. The van der Waals surface area contributed by atoms with Crippen LogP contribution in [0.5, 0.6) is 0 Å². The van der Waals surface area contributed by atoms with Gasteiger partial charge in [0.05, 0.1) is 16.6 Å². The number of nitro benzene ring substituents is 1. The van der Waals surface area contributed by atoms with Crippen molar-refractivity contribution in [1.82, 2.24) is 5.32 Å². The second-order valence-electron chi connectivity index (χ2n) is 10.2. The number of carboxylic acid groups (broad SMARTS) is 1. The third kappa shape index (κ3) is 7.76. The first-order valence-corrected chi connectivity index (χ1v) is 14.5. The minimum atomic E-state index is -2.41. The van der Waals surface area contributed by atoms with Crippen LogP contribution in [-0.2, 0) is 11.0 Å². The number of nitrogens with one attached hydrogen (secondary N) is 1. The van der Waals surface area contributed by atoms with Crippen LogP contribution in [0.25, 0.3) is 0 Å². The van der Waals surface area contributed by atoms with Crippen LogP contribution < -0.4 is 10.2 Å². The molecule has 192 valence electrons. The molecule has 1 atom stereocenters. The van der Waals surface area contributed by atoms with Gasteiger partial charge in [-0.1, -0.05) is 51.1 Å². The maximum atomic E-state index is 14.9. The number of amides is 1. The van der Waals surface area contributed by atoms with Gasteiger partial charge in [0.15, 0.2) is 8.32 Å². The smallest absolute Gasteiger partial charge is 0.404 e. The number of nitro groups is 1. The summed E-state index contributed by atoms with van der Waals surface area (Å²) in [5.41, 5.74) is 1.08. The molecule has 10 heteroatoms. The monoisotopic (exact) mass is 505 g/mol. The highest BCUT2D eigenvalue weighted by molar-refractivity contribution is 6.74. The van der Waals surface area contributed by atoms with Crippen LogP contribution in [0.15, 0.2) is 42.5 Å². The van der Waals surface area contributed by atoms with Crippen molar-refractivity contribution in [3.8, 4) is 0 Å². The highest BCUT2D eigenvalue weighted by Gasteiger charge is 2.41. The van der Waals surface area contributed by atoms with Crippen molar-refractivity contribution in [2.75, 3.05) is 18.5 Å². The number of hydrogen-bond acceptors (Lipinski definition) is 5. The molecule has 2 rings (SSSR count). The molecule has 35 heavy (non-hydrogen) atoms. The number of anilines is 1. The molecule has 0 spiro atoms. The van der Waals surface area contributed by atoms with Crippen molar-refractivity contribution in [3.63, 3.8) is 0 Å². The Labute approximate surface area is 207 Å². The number of hydrogen-bond donors (Lipinski definition) is 2. The molecule has 1 unspecified atom stereocenters. The lowest BCUT2D eigenvalue weighted by molar-refractivity contribution is -0.385. The van der Waals surface area contributed by atoms with Crippen molar-refractivity contribution in [3.05, 3.63) is 69.5 Å². The fourth-order valence-electron chi connectivity index (χ4n) is 3.58. The van der Waals surface area contributed by atoms with E-state index in [4.69, 9.17) is 9.53 Å². The molecular formula is C25H36FN3O5Si. The van der Waals surface area contributed by atoms with Crippen molar-refractivity contribution in [2.24, 2.45) is 0 Å². The fourth-order valence-corrected chi connectivity index (χ4v) is 4.89. The Kier molecular flexibility index (Phi) is 9.39. The van der Waals surface area contributed by atoms with E-state index in [9.17, 15) is 19.3 Å². The van der Waals surface area contributed by atoms with Crippen molar-refractivity contribution < 1.29 is 23.6 Å². The summed E-state index contributed by atoms with van der Waals surface area (Å²) >= 11 is 0. The SMILES string of the molecule is CN(Cc1ccccc1)c1cc(F)cc(C(CCCNC(=O)O)O[Si](C)(C)C(C)(C)C)c1[N+](=O)[O-]. The number of rotatable bonds is 11. The van der Waals surface area contributed by atoms with Crippen LogP contribution in [0, 0.1) is 15.9 Å². The molecule has 8 nitrogen and oxygen atoms in total. The van der Waals surface area contributed by atoms with E-state index in [0.29, 0.717) is 19.4 Å². The number of carbonyl (C=O) groups is 1. The summed E-state index contributed by atoms with van der Waals surface area (Å²) in [5, 5.41) is 23.3. The molecule has 0 saturated heterocycles. The molecular weight excluding hydrogens is 469 g/mol. The van der Waals surface area contributed by atoms with E-state index in [-0.39, 0.29) is 28.5 Å². The standard InChI is InChI=1S/C25H36FN3O5Si/c1-25(2,3)35(5,6)34-22(13-10-14-27-24(30)31)20-15-19(26)16-21(23(20)29(32)33)28(4)17-18-11-8-7-9-12-18/h7-9,11-12,15-16,22,27H,10,13-14,17H2,1-6H3,(H,30,31). The summed E-state index contributed by atoms with van der Waals surface area (Å²) < 4.78 is 21.5. The van der Waals surface area contributed by atoms with E-state index in [2.05, 4.69) is 26.1 Å². The molecule has 2 aromatic carbocycles. The summed E-state index contributed by atoms with van der Waals surface area (Å²) in [4.78, 5) is 24.4. The lowest BCUT2D eigenvalue weighted by atomic mass is 10.0. The Morgan fingerprint density at radius 3 is 2.43 bits per heavy atom. The topological polar surface area (TPSA) is 105 Å². The molecule has 0 heterocycles. The summed E-state index contributed by atoms with van der Waals surface area (Å²) in [6, 6.07) is 11.8. The maximum Gasteiger partial charge on any atom is 0.404 e. The molecule has 2 N–H and O–H groups in total. The van der Waals surface area contributed by atoms with E-state index >= 15 is 0 Å². The first-order valence-electron chi connectivity index (χ1n) is 11.6. The normalized spacial score (nSPS) is 12.8. The summed E-state index contributed by atoms with van der Waals surface area (Å²) in [6.07, 6.45) is -1.22. The van der Waals surface area contributed by atoms with E-state index in [1.807, 2.05) is 43.4 Å². The second-order valence-corrected chi connectivity index (χ2v) is 15.0. The number of nitrogens with zero attached hydrogens (tertiary/aromatic N) is 2. The van der Waals surface area contributed by atoms with Crippen molar-refractivity contribution in [2.45, 2.75) is 64.4 Å². The Hall–Kier alpha value is -2.98. The Morgan fingerprint density at radius 2 is 1.89 bits per heavy atom. The molecule has 1 amide bonds. The zero-order chi connectivity index (χ0) is 26.4. The van der Waals surface area contributed by atoms with Crippen LogP contribution in [0.2, 0.25) is 18.1 Å². The van der Waals surface area contributed by atoms with Gasteiger partial charge in [0, 0.05) is 26.2 Å². The number of halogens is 1. The van der Waals surface area contributed by atoms with Gasteiger partial charge >= 0.3 is 6.09 Å². The van der Waals surface area contributed by atoms with Gasteiger partial charge in [-0.3, -0.25) is 10.1 Å². The lowest BCUT2D eigenvalue weighted by Gasteiger charge is -2.39. The average molecular weight is 506 g/mol. The first-order chi connectivity index (χ1) is 16.2.